The van der Waals surface area contributed by atoms with Crippen molar-refractivity contribution >= 4 is 23.0 Å². The normalized spacial score (nSPS) is 13.0. The van der Waals surface area contributed by atoms with E-state index >= 15 is 0 Å². The first-order valence-electron chi connectivity index (χ1n) is 9.61. The molecule has 29 heavy (non-hydrogen) atoms. The van der Waals surface area contributed by atoms with Crippen LogP contribution in [-0.2, 0) is 6.54 Å². The van der Waals surface area contributed by atoms with Crippen molar-refractivity contribution in [2.24, 2.45) is 0 Å². The summed E-state index contributed by atoms with van der Waals surface area (Å²) >= 11 is 6.13. The minimum absolute atomic E-state index is 0.733. The van der Waals surface area contributed by atoms with E-state index in [-0.39, 0.29) is 0 Å². The monoisotopic (exact) mass is 401 g/mol. The molecule has 2 aromatic carbocycles. The van der Waals surface area contributed by atoms with Gasteiger partial charge in [0.05, 0.1) is 23.6 Å². The Kier molecular flexibility index (Phi) is 4.32. The Balaban J connectivity index is 1.71. The maximum atomic E-state index is 6.13. The number of hydrogen-bond acceptors (Lipinski definition) is 4. The number of benzene rings is 2. The Bertz CT molecular complexity index is 1180. The van der Waals surface area contributed by atoms with E-state index in [1.807, 2.05) is 42.9 Å². The number of aryl methyl sites for hydroxylation is 2. The molecule has 6 heteroatoms. The van der Waals surface area contributed by atoms with Gasteiger partial charge in [-0.2, -0.15) is 0 Å². The third kappa shape index (κ3) is 3.17. The summed E-state index contributed by atoms with van der Waals surface area (Å²) in [5, 5.41) is 9.39. The van der Waals surface area contributed by atoms with Gasteiger partial charge < -0.3 is 4.90 Å². The van der Waals surface area contributed by atoms with Crippen LogP contribution in [0.3, 0.4) is 0 Å². The van der Waals surface area contributed by atoms with Gasteiger partial charge in [-0.1, -0.05) is 35.0 Å². The molecule has 0 bridgehead atoms. The van der Waals surface area contributed by atoms with Gasteiger partial charge in [0.2, 0.25) is 0 Å². The molecule has 4 aromatic rings. The van der Waals surface area contributed by atoms with Crippen molar-refractivity contribution in [2.75, 3.05) is 11.4 Å². The number of fused-ring (bicyclic) bond motifs is 3. The maximum absolute atomic E-state index is 6.13. The zero-order chi connectivity index (χ0) is 20.0. The first kappa shape index (κ1) is 17.9. The van der Waals surface area contributed by atoms with Crippen LogP contribution >= 0.6 is 11.6 Å². The fourth-order valence-electron chi connectivity index (χ4n) is 3.87. The minimum Gasteiger partial charge on any atom is -0.339 e. The van der Waals surface area contributed by atoms with Crippen molar-refractivity contribution < 1.29 is 0 Å². The van der Waals surface area contributed by atoms with Crippen molar-refractivity contribution in [2.45, 2.75) is 20.4 Å². The highest BCUT2D eigenvalue weighted by Gasteiger charge is 2.24. The molecular formula is C23H20ClN5. The molecule has 0 saturated heterocycles. The van der Waals surface area contributed by atoms with Crippen LogP contribution in [0.5, 0.6) is 0 Å². The Hall–Kier alpha value is -3.18. The van der Waals surface area contributed by atoms with E-state index in [0.29, 0.717) is 0 Å². The topological polar surface area (TPSA) is 46.8 Å². The van der Waals surface area contributed by atoms with Crippen LogP contribution in [0.1, 0.15) is 11.4 Å². The molecule has 0 saturated carbocycles. The Labute approximate surface area is 174 Å². The predicted molar refractivity (Wildman–Crippen MR) is 117 cm³/mol. The second-order valence-corrected chi connectivity index (χ2v) is 7.73. The van der Waals surface area contributed by atoms with Crippen LogP contribution in [0.2, 0.25) is 5.02 Å². The molecule has 1 aliphatic rings. The fourth-order valence-corrected chi connectivity index (χ4v) is 3.99. The number of pyridine rings is 1. The summed E-state index contributed by atoms with van der Waals surface area (Å²) in [6, 6.07) is 18.7. The molecular weight excluding hydrogens is 382 g/mol. The molecule has 0 unspecified atom stereocenters. The Morgan fingerprint density at radius 3 is 2.45 bits per heavy atom. The Morgan fingerprint density at radius 2 is 1.69 bits per heavy atom. The molecule has 0 N–H and O–H groups in total. The molecule has 5 nitrogen and oxygen atoms in total. The molecule has 3 heterocycles. The lowest BCUT2D eigenvalue weighted by Gasteiger charge is -2.25. The third-order valence-corrected chi connectivity index (χ3v) is 5.62. The molecule has 0 spiro atoms. The summed E-state index contributed by atoms with van der Waals surface area (Å²) in [4.78, 5) is 6.79. The summed E-state index contributed by atoms with van der Waals surface area (Å²) in [5.41, 5.74) is 8.62. The van der Waals surface area contributed by atoms with Gasteiger partial charge in [0.25, 0.3) is 0 Å². The molecule has 0 radical (unpaired) electrons. The van der Waals surface area contributed by atoms with Crippen molar-refractivity contribution in [3.8, 4) is 22.4 Å². The van der Waals surface area contributed by atoms with Gasteiger partial charge >= 0.3 is 0 Å². The van der Waals surface area contributed by atoms with Crippen LogP contribution < -0.4 is 4.90 Å². The van der Waals surface area contributed by atoms with E-state index in [0.717, 1.165) is 63.3 Å². The third-order valence-electron chi connectivity index (χ3n) is 5.37. The summed E-state index contributed by atoms with van der Waals surface area (Å²) in [5.74, 6) is 0. The van der Waals surface area contributed by atoms with E-state index in [1.165, 1.54) is 0 Å². The number of rotatable bonds is 2. The molecule has 0 aliphatic carbocycles. The van der Waals surface area contributed by atoms with E-state index in [9.17, 15) is 0 Å². The highest BCUT2D eigenvalue weighted by atomic mass is 35.5. The second-order valence-electron chi connectivity index (χ2n) is 7.29. The maximum Gasteiger partial charge on any atom is 0.0936 e. The molecule has 0 amide bonds. The van der Waals surface area contributed by atoms with Crippen LogP contribution in [0.4, 0.5) is 11.4 Å². The van der Waals surface area contributed by atoms with Gasteiger partial charge in [0.1, 0.15) is 0 Å². The van der Waals surface area contributed by atoms with Gasteiger partial charge in [-0.15, -0.1) is 5.10 Å². The SMILES string of the molecule is Cc1ccc(-c2ccc3c(c2)N(c2ccc(Cl)cc2)CCn2nnc(C)c2-3)cn1. The summed E-state index contributed by atoms with van der Waals surface area (Å²) in [6.45, 7) is 5.56. The van der Waals surface area contributed by atoms with Crippen LogP contribution in [0.25, 0.3) is 22.4 Å². The largest absolute Gasteiger partial charge is 0.339 e. The van der Waals surface area contributed by atoms with Gasteiger partial charge in [-0.25, -0.2) is 4.68 Å². The van der Waals surface area contributed by atoms with Gasteiger partial charge in [0, 0.05) is 40.3 Å². The zero-order valence-electron chi connectivity index (χ0n) is 16.3. The van der Waals surface area contributed by atoms with E-state index in [1.54, 1.807) is 0 Å². The van der Waals surface area contributed by atoms with Crippen LogP contribution in [-0.4, -0.2) is 26.5 Å². The molecule has 5 rings (SSSR count). The van der Waals surface area contributed by atoms with Gasteiger partial charge in [-0.3, -0.25) is 4.98 Å². The standard InChI is InChI=1S/C23H20ClN5/c1-15-3-4-18(14-25-15)17-5-10-21-22(13-17)28(20-8-6-19(24)7-9-20)11-12-29-23(21)16(2)26-27-29/h3-10,13-14H,11-12H2,1-2H3. The average Bonchev–Trinajstić information content (AvgIpc) is 3.01. The van der Waals surface area contributed by atoms with Crippen molar-refractivity contribution in [1.29, 1.82) is 0 Å². The molecule has 0 fully saturated rings. The average molecular weight is 402 g/mol. The number of anilines is 2. The highest BCUT2D eigenvalue weighted by Crippen LogP contribution is 2.40. The van der Waals surface area contributed by atoms with Crippen molar-refractivity contribution in [3.05, 3.63) is 77.2 Å². The lowest BCUT2D eigenvalue weighted by atomic mass is 10.00. The summed E-state index contributed by atoms with van der Waals surface area (Å²) in [7, 11) is 0. The van der Waals surface area contributed by atoms with E-state index in [4.69, 9.17) is 11.6 Å². The summed E-state index contributed by atoms with van der Waals surface area (Å²) in [6.07, 6.45) is 1.93. The van der Waals surface area contributed by atoms with Crippen LogP contribution in [0.15, 0.2) is 60.8 Å². The lowest BCUT2D eigenvalue weighted by Crippen LogP contribution is -2.21. The first-order valence-corrected chi connectivity index (χ1v) is 9.98. The zero-order valence-corrected chi connectivity index (χ0v) is 17.1. The van der Waals surface area contributed by atoms with Crippen molar-refractivity contribution in [3.63, 3.8) is 0 Å². The minimum atomic E-state index is 0.733. The summed E-state index contributed by atoms with van der Waals surface area (Å²) < 4.78 is 2.00. The molecule has 144 valence electrons. The van der Waals surface area contributed by atoms with Crippen LogP contribution in [0, 0.1) is 13.8 Å². The van der Waals surface area contributed by atoms with Gasteiger partial charge in [-0.05, 0) is 55.8 Å². The highest BCUT2D eigenvalue weighted by molar-refractivity contribution is 6.30. The van der Waals surface area contributed by atoms with Crippen molar-refractivity contribution in [1.82, 2.24) is 20.0 Å². The fraction of sp³-hybridized carbons (Fsp3) is 0.174. The number of nitrogens with zero attached hydrogens (tertiary/aromatic N) is 5. The van der Waals surface area contributed by atoms with Gasteiger partial charge in [0.15, 0.2) is 0 Å². The second kappa shape index (κ2) is 7.01. The molecule has 2 aromatic heterocycles. The van der Waals surface area contributed by atoms with E-state index in [2.05, 4.69) is 56.6 Å². The predicted octanol–water partition coefficient (Wildman–Crippen LogP) is 5.43. The number of halogens is 1. The Morgan fingerprint density at radius 1 is 0.897 bits per heavy atom. The number of aromatic nitrogens is 4. The quantitative estimate of drug-likeness (QED) is 0.449. The smallest absolute Gasteiger partial charge is 0.0936 e. The first-order chi connectivity index (χ1) is 14.1. The molecule has 1 aliphatic heterocycles. The molecule has 0 atom stereocenters. The lowest BCUT2D eigenvalue weighted by molar-refractivity contribution is 0.605. The van der Waals surface area contributed by atoms with E-state index < -0.39 is 0 Å². The number of hydrogen-bond donors (Lipinski definition) is 0.